The Morgan fingerprint density at radius 1 is 1.13 bits per heavy atom. The predicted octanol–water partition coefficient (Wildman–Crippen LogP) is 5.10. The van der Waals surface area contributed by atoms with Gasteiger partial charge in [0, 0.05) is 17.7 Å². The van der Waals surface area contributed by atoms with E-state index in [4.69, 9.17) is 16.0 Å². The number of amidine groups is 1. The minimum absolute atomic E-state index is 0.0448. The molecule has 2 heterocycles. The number of carbonyl (C=O) groups is 1. The van der Waals surface area contributed by atoms with Gasteiger partial charge in [0.2, 0.25) is 0 Å². The molecule has 1 amide bonds. The Morgan fingerprint density at radius 2 is 1.94 bits per heavy atom. The van der Waals surface area contributed by atoms with E-state index in [1.165, 1.54) is 12.1 Å². The van der Waals surface area contributed by atoms with E-state index >= 15 is 0 Å². The first-order valence-electron chi connectivity index (χ1n) is 8.91. The minimum Gasteiger partial charge on any atom is -0.457 e. The summed E-state index contributed by atoms with van der Waals surface area (Å²) in [6, 6.07) is 17.2. The number of halogens is 1. The second-order valence-corrected chi connectivity index (χ2v) is 7.69. The van der Waals surface area contributed by atoms with Crippen LogP contribution in [0.5, 0.6) is 0 Å². The van der Waals surface area contributed by atoms with Gasteiger partial charge in [0.25, 0.3) is 11.6 Å². The van der Waals surface area contributed by atoms with Gasteiger partial charge < -0.3 is 4.42 Å². The summed E-state index contributed by atoms with van der Waals surface area (Å²) in [6.45, 7) is 0. The topological polar surface area (TPSA) is 110 Å². The summed E-state index contributed by atoms with van der Waals surface area (Å²) in [6.07, 6.45) is 3.16. The lowest BCUT2D eigenvalue weighted by Crippen LogP contribution is -2.19. The SMILES string of the molecule is O=C1N/C(=N\N=C\c2ccccc2)S/C1=C/c1ccc(-c2ccc(Cl)c([N+](=O)[O-])c2)o1. The number of carbonyl (C=O) groups excluding carboxylic acids is 1. The van der Waals surface area contributed by atoms with Gasteiger partial charge in [0.15, 0.2) is 5.17 Å². The molecule has 0 aliphatic carbocycles. The normalized spacial score (nSPS) is 16.4. The van der Waals surface area contributed by atoms with Crippen LogP contribution < -0.4 is 5.32 Å². The van der Waals surface area contributed by atoms with Crippen LogP contribution in [0.1, 0.15) is 11.3 Å². The summed E-state index contributed by atoms with van der Waals surface area (Å²) >= 11 is 6.98. The first-order valence-corrected chi connectivity index (χ1v) is 10.1. The standard InChI is InChI=1S/C21H13ClN4O4S/c22-16-8-6-14(10-17(16)26(28)29)18-9-7-15(30-18)11-19-20(27)24-21(31-19)25-23-12-13-4-2-1-3-5-13/h1-12H,(H,24,25,27)/b19-11+,23-12+. The number of hydrogen-bond acceptors (Lipinski definition) is 7. The van der Waals surface area contributed by atoms with Crippen LogP contribution in [0.25, 0.3) is 17.4 Å². The van der Waals surface area contributed by atoms with Crippen molar-refractivity contribution in [2.24, 2.45) is 10.2 Å². The molecule has 0 unspecified atom stereocenters. The van der Waals surface area contributed by atoms with Gasteiger partial charge in [0.05, 0.1) is 16.0 Å². The molecular weight excluding hydrogens is 440 g/mol. The third-order valence-electron chi connectivity index (χ3n) is 4.13. The molecule has 1 N–H and O–H groups in total. The van der Waals surface area contributed by atoms with Gasteiger partial charge in [-0.05, 0) is 41.6 Å². The van der Waals surface area contributed by atoms with Crippen molar-refractivity contribution >= 4 is 52.4 Å². The maximum atomic E-state index is 12.2. The molecule has 0 spiro atoms. The lowest BCUT2D eigenvalue weighted by Gasteiger charge is -1.99. The molecule has 0 atom stereocenters. The highest BCUT2D eigenvalue weighted by Gasteiger charge is 2.24. The first kappa shape index (κ1) is 20.6. The quantitative estimate of drug-likeness (QED) is 0.250. The number of nitro groups is 1. The fourth-order valence-corrected chi connectivity index (χ4v) is 3.63. The number of hydrogen-bond donors (Lipinski definition) is 1. The molecule has 1 saturated heterocycles. The van der Waals surface area contributed by atoms with Crippen LogP contribution in [0.3, 0.4) is 0 Å². The fourth-order valence-electron chi connectivity index (χ4n) is 2.68. The number of thioether (sulfide) groups is 1. The highest BCUT2D eigenvalue weighted by molar-refractivity contribution is 8.18. The lowest BCUT2D eigenvalue weighted by atomic mass is 10.1. The van der Waals surface area contributed by atoms with Gasteiger partial charge in [0.1, 0.15) is 16.5 Å². The Labute approximate surface area is 185 Å². The van der Waals surface area contributed by atoms with Crippen LogP contribution in [-0.4, -0.2) is 22.2 Å². The van der Waals surface area contributed by atoms with Crippen LogP contribution in [0.4, 0.5) is 5.69 Å². The molecule has 8 nitrogen and oxygen atoms in total. The van der Waals surface area contributed by atoms with Crippen LogP contribution >= 0.6 is 23.4 Å². The summed E-state index contributed by atoms with van der Waals surface area (Å²) in [5.41, 5.74) is 1.18. The van der Waals surface area contributed by atoms with Gasteiger partial charge in [-0.25, -0.2) is 0 Å². The zero-order valence-corrected chi connectivity index (χ0v) is 17.3. The highest BCUT2D eigenvalue weighted by Crippen LogP contribution is 2.32. The van der Waals surface area contributed by atoms with Crippen LogP contribution in [0, 0.1) is 10.1 Å². The second-order valence-electron chi connectivity index (χ2n) is 6.25. The van der Waals surface area contributed by atoms with Crippen molar-refractivity contribution in [3.8, 4) is 11.3 Å². The van der Waals surface area contributed by atoms with Crippen molar-refractivity contribution in [3.05, 3.63) is 92.0 Å². The largest absolute Gasteiger partial charge is 0.457 e. The number of nitro benzene ring substituents is 1. The number of benzene rings is 2. The van der Waals surface area contributed by atoms with E-state index in [2.05, 4.69) is 15.5 Å². The smallest absolute Gasteiger partial charge is 0.288 e. The van der Waals surface area contributed by atoms with Crippen molar-refractivity contribution < 1.29 is 14.1 Å². The van der Waals surface area contributed by atoms with Gasteiger partial charge >= 0.3 is 0 Å². The summed E-state index contributed by atoms with van der Waals surface area (Å²) in [7, 11) is 0. The molecule has 0 radical (unpaired) electrons. The van der Waals surface area contributed by atoms with E-state index in [0.717, 1.165) is 17.3 Å². The number of amides is 1. The van der Waals surface area contributed by atoms with Crippen LogP contribution in [-0.2, 0) is 4.79 Å². The number of rotatable bonds is 5. The Bertz CT molecular complexity index is 1250. The average molecular weight is 453 g/mol. The molecule has 3 aromatic rings. The molecule has 31 heavy (non-hydrogen) atoms. The molecule has 1 aliphatic rings. The van der Waals surface area contributed by atoms with Crippen molar-refractivity contribution in [3.63, 3.8) is 0 Å². The highest BCUT2D eigenvalue weighted by atomic mass is 35.5. The van der Waals surface area contributed by atoms with Gasteiger partial charge in [-0.3, -0.25) is 20.2 Å². The van der Waals surface area contributed by atoms with E-state index in [-0.39, 0.29) is 16.6 Å². The molecule has 0 bridgehead atoms. The minimum atomic E-state index is -0.557. The van der Waals surface area contributed by atoms with Crippen molar-refractivity contribution in [2.45, 2.75) is 0 Å². The van der Waals surface area contributed by atoms with Gasteiger partial charge in [-0.15, -0.1) is 5.10 Å². The second kappa shape index (κ2) is 8.99. The Morgan fingerprint density at radius 3 is 2.71 bits per heavy atom. The van der Waals surface area contributed by atoms with E-state index in [1.54, 1.807) is 30.5 Å². The summed E-state index contributed by atoms with van der Waals surface area (Å²) in [5, 5.41) is 22.1. The molecule has 154 valence electrons. The van der Waals surface area contributed by atoms with Crippen molar-refractivity contribution in [2.75, 3.05) is 0 Å². The van der Waals surface area contributed by atoms with Crippen LogP contribution in [0.2, 0.25) is 5.02 Å². The lowest BCUT2D eigenvalue weighted by molar-refractivity contribution is -0.384. The maximum absolute atomic E-state index is 12.2. The van der Waals surface area contributed by atoms with Crippen LogP contribution in [0.15, 0.2) is 80.2 Å². The molecule has 1 aliphatic heterocycles. The molecule has 2 aromatic carbocycles. The number of nitrogens with zero attached hydrogens (tertiary/aromatic N) is 3. The zero-order valence-electron chi connectivity index (χ0n) is 15.7. The number of furan rings is 1. The third kappa shape index (κ3) is 4.90. The predicted molar refractivity (Wildman–Crippen MR) is 121 cm³/mol. The fraction of sp³-hybridized carbons (Fsp3) is 0. The Hall–Kier alpha value is -3.69. The summed E-state index contributed by atoms with van der Waals surface area (Å²) in [4.78, 5) is 23.1. The average Bonchev–Trinajstić information content (AvgIpc) is 3.36. The van der Waals surface area contributed by atoms with E-state index < -0.39 is 4.92 Å². The molecular formula is C21H13ClN4O4S. The molecule has 0 saturated carbocycles. The Balaban J connectivity index is 1.50. The van der Waals surface area contributed by atoms with Crippen molar-refractivity contribution in [1.29, 1.82) is 0 Å². The number of nitrogens with one attached hydrogen (secondary N) is 1. The van der Waals surface area contributed by atoms with E-state index in [1.807, 2.05) is 30.3 Å². The molecule has 4 rings (SSSR count). The van der Waals surface area contributed by atoms with E-state index in [0.29, 0.717) is 27.2 Å². The van der Waals surface area contributed by atoms with Crippen molar-refractivity contribution in [1.82, 2.24) is 5.32 Å². The molecule has 1 aromatic heterocycles. The van der Waals surface area contributed by atoms with Gasteiger partial charge in [-0.1, -0.05) is 41.9 Å². The van der Waals surface area contributed by atoms with Gasteiger partial charge in [-0.2, -0.15) is 5.10 Å². The summed E-state index contributed by atoms with van der Waals surface area (Å²) < 4.78 is 5.72. The summed E-state index contributed by atoms with van der Waals surface area (Å²) in [5.74, 6) is 0.509. The molecule has 10 heteroatoms. The third-order valence-corrected chi connectivity index (χ3v) is 5.35. The Kier molecular flexibility index (Phi) is 5.96. The van der Waals surface area contributed by atoms with E-state index in [9.17, 15) is 14.9 Å². The maximum Gasteiger partial charge on any atom is 0.288 e. The zero-order chi connectivity index (χ0) is 21.8. The monoisotopic (exact) mass is 452 g/mol. The molecule has 1 fully saturated rings. The first-order chi connectivity index (χ1) is 15.0.